The molecule has 0 spiro atoms. The molecule has 1 N–H and O–H groups in total. The fourth-order valence-corrected chi connectivity index (χ4v) is 2.44. The van der Waals surface area contributed by atoms with E-state index in [0.717, 1.165) is 38.8 Å². The average Bonchev–Trinajstić information content (AvgIpc) is 2.44. The Bertz CT molecular complexity index is 205. The van der Waals surface area contributed by atoms with E-state index in [1.807, 2.05) is 0 Å². The SMILES string of the molecule is COCCNCC1CCCN(CCOCCOC)C1. The molecule has 1 saturated heterocycles. The van der Waals surface area contributed by atoms with Crippen LogP contribution in [0.4, 0.5) is 0 Å². The van der Waals surface area contributed by atoms with Gasteiger partial charge in [-0.05, 0) is 31.8 Å². The zero-order valence-corrected chi connectivity index (χ0v) is 12.5. The minimum Gasteiger partial charge on any atom is -0.383 e. The fourth-order valence-electron chi connectivity index (χ4n) is 2.44. The van der Waals surface area contributed by atoms with Crippen LogP contribution < -0.4 is 5.32 Å². The zero-order chi connectivity index (χ0) is 13.8. The van der Waals surface area contributed by atoms with Gasteiger partial charge in [0.25, 0.3) is 0 Å². The molecular weight excluding hydrogens is 244 g/mol. The quantitative estimate of drug-likeness (QED) is 0.559. The second kappa shape index (κ2) is 11.6. The molecule has 0 radical (unpaired) electrons. The first-order valence-corrected chi connectivity index (χ1v) is 7.35. The number of rotatable bonds is 11. The Labute approximate surface area is 117 Å². The highest BCUT2D eigenvalue weighted by Gasteiger charge is 2.18. The Morgan fingerprint density at radius 2 is 1.95 bits per heavy atom. The topological polar surface area (TPSA) is 43.0 Å². The summed E-state index contributed by atoms with van der Waals surface area (Å²) in [5.41, 5.74) is 0. The normalized spacial score (nSPS) is 20.8. The van der Waals surface area contributed by atoms with Gasteiger partial charge >= 0.3 is 0 Å². The maximum absolute atomic E-state index is 5.53. The van der Waals surface area contributed by atoms with Gasteiger partial charge in [0, 0.05) is 33.9 Å². The van der Waals surface area contributed by atoms with Gasteiger partial charge < -0.3 is 24.4 Å². The van der Waals surface area contributed by atoms with Crippen molar-refractivity contribution >= 4 is 0 Å². The second-order valence-corrected chi connectivity index (χ2v) is 5.11. The van der Waals surface area contributed by atoms with E-state index in [1.54, 1.807) is 14.2 Å². The molecule has 1 fully saturated rings. The third kappa shape index (κ3) is 8.55. The highest BCUT2D eigenvalue weighted by Crippen LogP contribution is 2.15. The molecule has 1 atom stereocenters. The molecular formula is C14H30N2O3. The van der Waals surface area contributed by atoms with Crippen molar-refractivity contribution in [3.05, 3.63) is 0 Å². The van der Waals surface area contributed by atoms with Gasteiger partial charge in [-0.25, -0.2) is 0 Å². The van der Waals surface area contributed by atoms with Crippen LogP contribution in [-0.2, 0) is 14.2 Å². The summed E-state index contributed by atoms with van der Waals surface area (Å²) in [7, 11) is 3.45. The smallest absolute Gasteiger partial charge is 0.0700 e. The number of methoxy groups -OCH3 is 2. The Kier molecular flexibility index (Phi) is 10.3. The largest absolute Gasteiger partial charge is 0.383 e. The van der Waals surface area contributed by atoms with Crippen LogP contribution in [0.3, 0.4) is 0 Å². The summed E-state index contributed by atoms with van der Waals surface area (Å²) in [6, 6.07) is 0. The van der Waals surface area contributed by atoms with Crippen LogP contribution >= 0.6 is 0 Å². The first-order chi connectivity index (χ1) is 9.36. The molecule has 0 aromatic rings. The van der Waals surface area contributed by atoms with Crippen molar-refractivity contribution < 1.29 is 14.2 Å². The van der Waals surface area contributed by atoms with E-state index in [4.69, 9.17) is 14.2 Å². The van der Waals surface area contributed by atoms with Gasteiger partial charge in [0.2, 0.25) is 0 Å². The number of likely N-dealkylation sites (tertiary alicyclic amines) is 1. The molecule has 0 amide bonds. The summed E-state index contributed by atoms with van der Waals surface area (Å²) >= 11 is 0. The van der Waals surface area contributed by atoms with E-state index in [-0.39, 0.29) is 0 Å². The van der Waals surface area contributed by atoms with Gasteiger partial charge in [-0.3, -0.25) is 0 Å². The van der Waals surface area contributed by atoms with E-state index in [0.29, 0.717) is 13.2 Å². The summed E-state index contributed by atoms with van der Waals surface area (Å²) < 4.78 is 15.5. The van der Waals surface area contributed by atoms with Gasteiger partial charge in [0.1, 0.15) is 0 Å². The standard InChI is InChI=1S/C14H30N2O3/c1-17-8-5-15-12-14-4-3-6-16(13-14)7-9-19-11-10-18-2/h14-15H,3-13H2,1-2H3. The average molecular weight is 274 g/mol. The molecule has 114 valence electrons. The summed E-state index contributed by atoms with van der Waals surface area (Å²) in [5.74, 6) is 0.768. The Morgan fingerprint density at radius 1 is 1.11 bits per heavy atom. The first-order valence-electron chi connectivity index (χ1n) is 7.35. The van der Waals surface area contributed by atoms with Crippen molar-refractivity contribution in [2.75, 3.05) is 73.4 Å². The molecule has 19 heavy (non-hydrogen) atoms. The molecule has 1 unspecified atom stereocenters. The Hall–Kier alpha value is -0.200. The van der Waals surface area contributed by atoms with Gasteiger partial charge in [0.15, 0.2) is 0 Å². The van der Waals surface area contributed by atoms with Crippen LogP contribution in [0.1, 0.15) is 12.8 Å². The number of hydrogen-bond acceptors (Lipinski definition) is 5. The highest BCUT2D eigenvalue weighted by molar-refractivity contribution is 4.74. The molecule has 0 bridgehead atoms. The van der Waals surface area contributed by atoms with E-state index < -0.39 is 0 Å². The Morgan fingerprint density at radius 3 is 2.74 bits per heavy atom. The van der Waals surface area contributed by atoms with Crippen molar-refractivity contribution in [3.8, 4) is 0 Å². The summed E-state index contributed by atoms with van der Waals surface area (Å²) in [4.78, 5) is 2.51. The number of piperidine rings is 1. The van der Waals surface area contributed by atoms with Crippen LogP contribution in [0.25, 0.3) is 0 Å². The van der Waals surface area contributed by atoms with Gasteiger partial charge in [-0.15, -0.1) is 0 Å². The second-order valence-electron chi connectivity index (χ2n) is 5.11. The molecule has 0 aromatic carbocycles. The number of hydrogen-bond donors (Lipinski definition) is 1. The highest BCUT2D eigenvalue weighted by atomic mass is 16.5. The molecule has 1 aliphatic heterocycles. The molecule has 5 nitrogen and oxygen atoms in total. The van der Waals surface area contributed by atoms with Crippen molar-refractivity contribution in [1.82, 2.24) is 10.2 Å². The molecule has 0 saturated carbocycles. The summed E-state index contributed by atoms with van der Waals surface area (Å²) in [6.07, 6.45) is 2.63. The Balaban J connectivity index is 2.02. The minimum atomic E-state index is 0.687. The van der Waals surface area contributed by atoms with E-state index in [1.165, 1.54) is 25.9 Å². The molecule has 0 aromatic heterocycles. The molecule has 0 aliphatic carbocycles. The van der Waals surface area contributed by atoms with Crippen molar-refractivity contribution in [1.29, 1.82) is 0 Å². The summed E-state index contributed by atoms with van der Waals surface area (Å²) in [5, 5.41) is 3.46. The van der Waals surface area contributed by atoms with Crippen molar-refractivity contribution in [2.24, 2.45) is 5.92 Å². The molecule has 1 rings (SSSR count). The van der Waals surface area contributed by atoms with Crippen LogP contribution in [-0.4, -0.2) is 78.3 Å². The van der Waals surface area contributed by atoms with Gasteiger partial charge in [-0.2, -0.15) is 0 Å². The maximum atomic E-state index is 5.53. The molecule has 5 heteroatoms. The first kappa shape index (κ1) is 16.9. The lowest BCUT2D eigenvalue weighted by molar-refractivity contribution is 0.0493. The van der Waals surface area contributed by atoms with Crippen molar-refractivity contribution in [3.63, 3.8) is 0 Å². The molecule has 1 aliphatic rings. The lowest BCUT2D eigenvalue weighted by atomic mass is 9.98. The lowest BCUT2D eigenvalue weighted by Crippen LogP contribution is -2.41. The fraction of sp³-hybridized carbons (Fsp3) is 1.00. The van der Waals surface area contributed by atoms with Crippen LogP contribution in [0.2, 0.25) is 0 Å². The number of nitrogens with one attached hydrogen (secondary N) is 1. The maximum Gasteiger partial charge on any atom is 0.0700 e. The van der Waals surface area contributed by atoms with E-state index in [9.17, 15) is 0 Å². The van der Waals surface area contributed by atoms with Gasteiger partial charge in [-0.1, -0.05) is 0 Å². The van der Waals surface area contributed by atoms with Gasteiger partial charge in [0.05, 0.1) is 26.4 Å². The van der Waals surface area contributed by atoms with Crippen molar-refractivity contribution in [2.45, 2.75) is 12.8 Å². The third-order valence-corrected chi connectivity index (χ3v) is 3.50. The summed E-state index contributed by atoms with van der Waals surface area (Å²) in [6.45, 7) is 8.49. The van der Waals surface area contributed by atoms with E-state index >= 15 is 0 Å². The zero-order valence-electron chi connectivity index (χ0n) is 12.5. The third-order valence-electron chi connectivity index (χ3n) is 3.50. The lowest BCUT2D eigenvalue weighted by Gasteiger charge is -2.32. The molecule has 1 heterocycles. The van der Waals surface area contributed by atoms with Crippen LogP contribution in [0, 0.1) is 5.92 Å². The predicted octanol–water partition coefficient (Wildman–Crippen LogP) is 0.597. The van der Waals surface area contributed by atoms with Crippen LogP contribution in [0.5, 0.6) is 0 Å². The number of ether oxygens (including phenoxy) is 3. The predicted molar refractivity (Wildman–Crippen MR) is 76.6 cm³/mol. The minimum absolute atomic E-state index is 0.687. The van der Waals surface area contributed by atoms with Crippen LogP contribution in [0.15, 0.2) is 0 Å². The van der Waals surface area contributed by atoms with E-state index in [2.05, 4.69) is 10.2 Å². The number of nitrogens with zero attached hydrogens (tertiary/aromatic N) is 1. The monoisotopic (exact) mass is 274 g/mol.